The molecule has 4 N–H and O–H groups in total. The fourth-order valence-corrected chi connectivity index (χ4v) is 5.08. The number of H-pyrrole nitrogens is 1. The number of aromatic nitrogens is 2. The predicted octanol–water partition coefficient (Wildman–Crippen LogP) is 4.89. The van der Waals surface area contributed by atoms with Crippen molar-refractivity contribution in [2.45, 2.75) is 82.0 Å². The van der Waals surface area contributed by atoms with E-state index in [0.29, 0.717) is 24.6 Å². The first-order chi connectivity index (χ1) is 14.0. The number of aromatic amines is 1. The van der Waals surface area contributed by atoms with E-state index in [-0.39, 0.29) is 30.8 Å². The van der Waals surface area contributed by atoms with Crippen molar-refractivity contribution in [2.75, 3.05) is 0 Å². The van der Waals surface area contributed by atoms with Crippen molar-refractivity contribution in [3.63, 3.8) is 0 Å². The standard InChI is InChI=1S/C22H32F2N4OS/c1-21(2,3)30(29)28-19(14-8-10-22(23,24)11-9-14)20-26-16-7-6-15(12-17(16)27-20)18(25)13-4-5-13/h6-7,12-14,18-19,28H,4-5,8-11,25H2,1-3H3,(H,26,27)/t18-,19+,30-/m1/s1. The predicted molar refractivity (Wildman–Crippen MR) is 116 cm³/mol. The average Bonchev–Trinajstić information content (AvgIpc) is 3.43. The van der Waals surface area contributed by atoms with Crippen LogP contribution >= 0.6 is 0 Å². The smallest absolute Gasteiger partial charge is 0.248 e. The normalized spacial score (nSPS) is 23.4. The van der Waals surface area contributed by atoms with Gasteiger partial charge in [0.1, 0.15) is 5.82 Å². The second-order valence-corrected chi connectivity index (χ2v) is 11.9. The summed E-state index contributed by atoms with van der Waals surface area (Å²) in [6.07, 6.45) is 2.81. The molecular weight excluding hydrogens is 406 g/mol. The third-order valence-electron chi connectivity index (χ3n) is 6.36. The minimum Gasteiger partial charge on any atom is -0.341 e. The Balaban J connectivity index is 1.63. The maximum atomic E-state index is 13.7. The molecule has 0 radical (unpaired) electrons. The van der Waals surface area contributed by atoms with Gasteiger partial charge in [-0.1, -0.05) is 6.07 Å². The first-order valence-electron chi connectivity index (χ1n) is 10.8. The zero-order valence-corrected chi connectivity index (χ0v) is 18.7. The van der Waals surface area contributed by atoms with Crippen LogP contribution in [0.4, 0.5) is 8.78 Å². The van der Waals surface area contributed by atoms with Crippen LogP contribution in [-0.4, -0.2) is 24.8 Å². The summed E-state index contributed by atoms with van der Waals surface area (Å²) in [6, 6.07) is 5.69. The average molecular weight is 439 g/mol. The number of imidazole rings is 1. The molecule has 2 aromatic rings. The van der Waals surface area contributed by atoms with Gasteiger partial charge in [-0.25, -0.2) is 22.7 Å². The quantitative estimate of drug-likeness (QED) is 0.600. The van der Waals surface area contributed by atoms with Crippen molar-refractivity contribution in [3.05, 3.63) is 29.6 Å². The van der Waals surface area contributed by atoms with Gasteiger partial charge in [0.25, 0.3) is 0 Å². The van der Waals surface area contributed by atoms with E-state index < -0.39 is 21.7 Å². The highest BCUT2D eigenvalue weighted by atomic mass is 32.2. The molecule has 2 fully saturated rings. The molecule has 0 unspecified atom stereocenters. The van der Waals surface area contributed by atoms with Crippen molar-refractivity contribution in [2.24, 2.45) is 17.6 Å². The number of nitrogens with zero attached hydrogens (tertiary/aromatic N) is 1. The minimum absolute atomic E-state index is 0.0315. The van der Waals surface area contributed by atoms with Gasteiger partial charge < -0.3 is 10.7 Å². The Morgan fingerprint density at radius 1 is 1.20 bits per heavy atom. The highest BCUT2D eigenvalue weighted by Crippen LogP contribution is 2.42. The number of hydrogen-bond donors (Lipinski definition) is 3. The third-order valence-corrected chi connectivity index (χ3v) is 7.94. The van der Waals surface area contributed by atoms with Crippen LogP contribution in [0.25, 0.3) is 11.0 Å². The van der Waals surface area contributed by atoms with Crippen molar-refractivity contribution >= 4 is 22.0 Å². The van der Waals surface area contributed by atoms with Crippen molar-refractivity contribution in [1.29, 1.82) is 0 Å². The van der Waals surface area contributed by atoms with Gasteiger partial charge >= 0.3 is 0 Å². The van der Waals surface area contributed by atoms with Gasteiger partial charge in [-0.15, -0.1) is 0 Å². The molecule has 1 heterocycles. The van der Waals surface area contributed by atoms with E-state index in [1.807, 2.05) is 39.0 Å². The summed E-state index contributed by atoms with van der Waals surface area (Å²) >= 11 is 0. The molecule has 0 spiro atoms. The van der Waals surface area contributed by atoms with E-state index in [2.05, 4.69) is 9.71 Å². The van der Waals surface area contributed by atoms with E-state index in [9.17, 15) is 13.0 Å². The van der Waals surface area contributed by atoms with Crippen LogP contribution in [0.5, 0.6) is 0 Å². The minimum atomic E-state index is -2.61. The summed E-state index contributed by atoms with van der Waals surface area (Å²) in [5.41, 5.74) is 9.13. The molecule has 0 amide bonds. The van der Waals surface area contributed by atoms with E-state index in [1.165, 1.54) is 12.8 Å². The first kappa shape index (κ1) is 21.8. The van der Waals surface area contributed by atoms with Crippen LogP contribution in [0.3, 0.4) is 0 Å². The van der Waals surface area contributed by atoms with E-state index in [4.69, 9.17) is 10.7 Å². The molecule has 0 aliphatic heterocycles. The van der Waals surface area contributed by atoms with Gasteiger partial charge in [0.15, 0.2) is 0 Å². The van der Waals surface area contributed by atoms with Crippen molar-refractivity contribution in [1.82, 2.24) is 14.7 Å². The Bertz CT molecular complexity index is 925. The Labute approximate surface area is 179 Å². The van der Waals surface area contributed by atoms with Gasteiger partial charge in [-0.2, -0.15) is 0 Å². The first-order valence-corrected chi connectivity index (χ1v) is 12.0. The van der Waals surface area contributed by atoms with Crippen LogP contribution in [-0.2, 0) is 11.0 Å². The fourth-order valence-electron chi connectivity index (χ4n) is 4.19. The van der Waals surface area contributed by atoms with Gasteiger partial charge in [0.2, 0.25) is 5.92 Å². The summed E-state index contributed by atoms with van der Waals surface area (Å²) in [4.78, 5) is 8.11. The number of benzene rings is 1. The molecule has 30 heavy (non-hydrogen) atoms. The number of halogens is 2. The number of fused-ring (bicyclic) bond motifs is 1. The number of hydrogen-bond acceptors (Lipinski definition) is 3. The highest BCUT2D eigenvalue weighted by Gasteiger charge is 2.40. The molecule has 2 aliphatic rings. The zero-order chi connectivity index (χ0) is 21.7. The molecule has 2 aliphatic carbocycles. The Hall–Kier alpha value is -1.38. The lowest BCUT2D eigenvalue weighted by atomic mass is 9.82. The van der Waals surface area contributed by atoms with Crippen LogP contribution in [0.15, 0.2) is 18.2 Å². The summed E-state index contributed by atoms with van der Waals surface area (Å²) in [5, 5.41) is 0. The zero-order valence-electron chi connectivity index (χ0n) is 17.9. The number of nitrogens with two attached hydrogens (primary N) is 1. The summed E-state index contributed by atoms with van der Waals surface area (Å²) < 4.78 is 43.1. The molecule has 4 rings (SSSR count). The van der Waals surface area contributed by atoms with E-state index in [0.717, 1.165) is 16.6 Å². The maximum absolute atomic E-state index is 13.7. The molecule has 5 nitrogen and oxygen atoms in total. The SMILES string of the molecule is CC(C)(C)[S@@](=O)N[C@H](c1nc2ccc([C@H](N)C3CC3)cc2[nH]1)C1CCC(F)(F)CC1. The van der Waals surface area contributed by atoms with E-state index in [1.54, 1.807) is 0 Å². The molecule has 1 aromatic carbocycles. The maximum Gasteiger partial charge on any atom is 0.248 e. The molecule has 166 valence electrons. The summed E-state index contributed by atoms with van der Waals surface area (Å²) in [5.74, 6) is -1.44. The molecule has 3 atom stereocenters. The van der Waals surface area contributed by atoms with Crippen LogP contribution in [0, 0.1) is 11.8 Å². The topological polar surface area (TPSA) is 83.8 Å². The van der Waals surface area contributed by atoms with Crippen LogP contribution < -0.4 is 10.5 Å². The second-order valence-electron chi connectivity index (χ2n) is 9.93. The van der Waals surface area contributed by atoms with Gasteiger partial charge in [-0.05, 0) is 76.0 Å². The number of rotatable bonds is 6. The van der Waals surface area contributed by atoms with Crippen LogP contribution in [0.1, 0.15) is 82.8 Å². The summed E-state index contributed by atoms with van der Waals surface area (Å²) in [6.45, 7) is 5.69. The molecule has 2 saturated carbocycles. The Morgan fingerprint density at radius 3 is 2.47 bits per heavy atom. The van der Waals surface area contributed by atoms with E-state index >= 15 is 0 Å². The lowest BCUT2D eigenvalue weighted by molar-refractivity contribution is -0.0491. The Kier molecular flexibility index (Phi) is 5.79. The number of alkyl halides is 2. The molecule has 0 bridgehead atoms. The van der Waals surface area contributed by atoms with Crippen molar-refractivity contribution in [3.8, 4) is 0 Å². The van der Waals surface area contributed by atoms with Gasteiger partial charge in [0, 0.05) is 18.9 Å². The molecule has 0 saturated heterocycles. The summed E-state index contributed by atoms with van der Waals surface area (Å²) in [7, 11) is -1.34. The molecule has 8 heteroatoms. The third kappa shape index (κ3) is 4.75. The van der Waals surface area contributed by atoms with Crippen LogP contribution in [0.2, 0.25) is 0 Å². The van der Waals surface area contributed by atoms with Gasteiger partial charge in [0.05, 0.1) is 32.8 Å². The largest absolute Gasteiger partial charge is 0.341 e. The van der Waals surface area contributed by atoms with Crippen molar-refractivity contribution < 1.29 is 13.0 Å². The highest BCUT2D eigenvalue weighted by molar-refractivity contribution is 7.84. The number of nitrogens with one attached hydrogen (secondary N) is 2. The lowest BCUT2D eigenvalue weighted by Crippen LogP contribution is -2.40. The Morgan fingerprint density at radius 2 is 1.87 bits per heavy atom. The molecule has 1 aromatic heterocycles. The monoisotopic (exact) mass is 438 g/mol. The fraction of sp³-hybridized carbons (Fsp3) is 0.682. The second kappa shape index (κ2) is 7.95. The molecular formula is C22H32F2N4OS. The lowest BCUT2D eigenvalue weighted by Gasteiger charge is -2.34. The van der Waals surface area contributed by atoms with Gasteiger partial charge in [-0.3, -0.25) is 0 Å².